The van der Waals surface area contributed by atoms with Crippen molar-refractivity contribution < 1.29 is 77.2 Å². The van der Waals surface area contributed by atoms with Crippen LogP contribution in [-0.4, -0.2) is 63.4 Å². The Kier molecular flexibility index (Phi) is 36.0. The molecule has 0 fully saturated rings. The molecule has 2 unspecified atom stereocenters. The molecule has 0 aliphatic rings. The van der Waals surface area contributed by atoms with Gasteiger partial charge < -0.3 is 63.6 Å². The molecule has 280 valence electrons. The number of hydrogen-bond acceptors (Lipinski definition) is 12. The minimum atomic E-state index is -1.82. The molecule has 0 spiro atoms. The zero-order valence-electron chi connectivity index (χ0n) is 25.8. The predicted octanol–water partition coefficient (Wildman–Crippen LogP) is 4.96. The van der Waals surface area contributed by atoms with Gasteiger partial charge in [-0.2, -0.15) is 0 Å². The maximum absolute atomic E-state index is 9.10. The van der Waals surface area contributed by atoms with E-state index in [1.165, 1.54) is 11.1 Å². The fourth-order valence-corrected chi connectivity index (χ4v) is 3.09. The van der Waals surface area contributed by atoms with Crippen LogP contribution in [0, 0.1) is 34.1 Å². The summed E-state index contributed by atoms with van der Waals surface area (Å²) >= 11 is 3.22. The molecule has 50 heavy (non-hydrogen) atoms. The fourth-order valence-electron chi connectivity index (χ4n) is 3.09. The first-order valence-corrected chi connectivity index (χ1v) is 18.1. The Bertz CT molecular complexity index is 1360. The van der Waals surface area contributed by atoms with Gasteiger partial charge in [0.25, 0.3) is 0 Å². The third-order valence-electron chi connectivity index (χ3n) is 5.11. The van der Waals surface area contributed by atoms with E-state index in [0.29, 0.717) is 0 Å². The zero-order valence-corrected chi connectivity index (χ0v) is 31.8. The van der Waals surface area contributed by atoms with E-state index in [-0.39, 0.29) is 11.8 Å². The molecule has 0 aliphatic heterocycles. The summed E-state index contributed by atoms with van der Waals surface area (Å²) in [7, 11) is 13.2. The van der Waals surface area contributed by atoms with Crippen LogP contribution in [-0.2, 0) is 70.8 Å². The Morgan fingerprint density at radius 3 is 1.02 bits per heavy atom. The quantitative estimate of drug-likeness (QED) is 0.0910. The van der Waals surface area contributed by atoms with Crippen LogP contribution < -0.4 is 0 Å². The van der Waals surface area contributed by atoms with Crippen LogP contribution >= 0.6 is 18.8 Å². The summed E-state index contributed by atoms with van der Waals surface area (Å²) in [6.07, 6.45) is 7.49. The SMILES string of the molecule is O=C(O)C(=O)O.O=C(O)C(=O)O.O=N[O-].O=N[O-].[CH2-]C(c1ccccc1)c1nccn1C.[CH2-]C(c1ccccc1)c1nccn1C.[Cl][Pt+].[Cl][Pt+]. The van der Waals surface area contributed by atoms with Crippen LogP contribution in [0.1, 0.15) is 34.6 Å². The first-order chi connectivity index (χ1) is 23.7. The van der Waals surface area contributed by atoms with Gasteiger partial charge >= 0.3 is 80.3 Å². The van der Waals surface area contributed by atoms with Crippen molar-refractivity contribution in [1.82, 2.24) is 19.1 Å². The molecular formula is C28H30Cl2N6O12Pt2-2. The number of benzene rings is 2. The third-order valence-corrected chi connectivity index (χ3v) is 5.11. The van der Waals surface area contributed by atoms with E-state index < -0.39 is 23.9 Å². The van der Waals surface area contributed by atoms with Gasteiger partial charge in [-0.3, -0.25) is 0 Å². The van der Waals surface area contributed by atoms with Crippen LogP contribution in [0.4, 0.5) is 0 Å². The van der Waals surface area contributed by atoms with Crippen LogP contribution in [0.5, 0.6) is 0 Å². The summed E-state index contributed by atoms with van der Waals surface area (Å²) < 4.78 is 4.01. The monoisotopic (exact) mass is 1100 g/mol. The van der Waals surface area contributed by atoms with Crippen molar-refractivity contribution in [1.29, 1.82) is 0 Å². The van der Waals surface area contributed by atoms with Crippen molar-refractivity contribution in [3.63, 3.8) is 0 Å². The van der Waals surface area contributed by atoms with Gasteiger partial charge in [0.05, 0.1) is 11.6 Å². The van der Waals surface area contributed by atoms with Crippen molar-refractivity contribution >= 4 is 42.7 Å². The molecule has 0 aliphatic carbocycles. The number of carbonyl (C=O) groups is 4. The molecule has 2 aromatic heterocycles. The van der Waals surface area contributed by atoms with E-state index in [1.54, 1.807) is 49.9 Å². The van der Waals surface area contributed by atoms with Crippen LogP contribution in [0.3, 0.4) is 0 Å². The number of nitrogens with zero attached hydrogens (tertiary/aromatic N) is 6. The van der Waals surface area contributed by atoms with E-state index in [2.05, 4.69) is 66.9 Å². The molecule has 2 aromatic carbocycles. The normalized spacial score (nSPS) is 9.64. The maximum atomic E-state index is 9.10. The second-order valence-corrected chi connectivity index (χ2v) is 8.09. The summed E-state index contributed by atoms with van der Waals surface area (Å²) in [5, 5.41) is 47.6. The number of rotatable bonds is 4. The average Bonchev–Trinajstić information content (AvgIpc) is 3.75. The number of halogens is 2. The molecule has 4 N–H and O–H groups in total. The first-order valence-electron chi connectivity index (χ1n) is 12.5. The third kappa shape index (κ3) is 25.5. The molecular weight excluding hydrogens is 1070 g/mol. The second-order valence-electron chi connectivity index (χ2n) is 8.09. The Balaban J connectivity index is -0.000000273. The Morgan fingerprint density at radius 1 is 0.640 bits per heavy atom. The van der Waals surface area contributed by atoms with Gasteiger partial charge in [0.2, 0.25) is 0 Å². The molecule has 0 saturated carbocycles. The van der Waals surface area contributed by atoms with Crippen molar-refractivity contribution in [3.05, 3.63) is 142 Å². The molecule has 0 bridgehead atoms. The molecule has 2 atom stereocenters. The van der Waals surface area contributed by atoms with Crippen molar-refractivity contribution in [2.45, 2.75) is 11.8 Å². The van der Waals surface area contributed by atoms with E-state index in [1.807, 2.05) is 72.0 Å². The number of carboxylic acid groups (broad SMARTS) is 4. The number of aromatic nitrogens is 4. The predicted molar refractivity (Wildman–Crippen MR) is 174 cm³/mol. The summed E-state index contributed by atoms with van der Waals surface area (Å²) in [4.78, 5) is 61.0. The minimum absolute atomic E-state index is 0.108. The second kappa shape index (κ2) is 34.4. The van der Waals surface area contributed by atoms with Gasteiger partial charge in [-0.25, -0.2) is 29.1 Å². The van der Waals surface area contributed by atoms with Gasteiger partial charge in [0.1, 0.15) is 0 Å². The number of aliphatic carboxylic acids is 4. The van der Waals surface area contributed by atoms with Crippen LogP contribution in [0.2, 0.25) is 0 Å². The number of aryl methyl sites for hydroxylation is 2. The average molecular weight is 1100 g/mol. The van der Waals surface area contributed by atoms with Gasteiger partial charge in [-0.15, -0.1) is 10.7 Å². The first kappa shape index (κ1) is 52.3. The van der Waals surface area contributed by atoms with Crippen LogP contribution in [0.15, 0.2) is 96.1 Å². The molecule has 2 heterocycles. The Morgan fingerprint density at radius 2 is 0.860 bits per heavy atom. The summed E-state index contributed by atoms with van der Waals surface area (Å²) in [6, 6.07) is 20.4. The summed E-state index contributed by atoms with van der Waals surface area (Å²) in [6.45, 7) is 8.26. The standard InChI is InChI=1S/2C12H13N2.2C2H2O4.2ClH.2HNO2.2Pt/c2*1-10(11-6-4-3-5-7-11)12-13-8-9-14(12)2;2*3-1(4)2(5)6;;;2*2-1-3;;/h2*3-10H,1H2,2H3;2*(H,3,4)(H,5,6);2*1H;2*(H,2,3);;/q2*-1;;;;;;;2*+2/p-4. The summed E-state index contributed by atoms with van der Waals surface area (Å²) in [5.41, 5.74) is 2.39. The molecule has 0 amide bonds. The fraction of sp³-hybridized carbons (Fsp3) is 0.143. The number of hydrogen-bond donors (Lipinski definition) is 4. The Hall–Kier alpha value is -4.50. The molecule has 18 nitrogen and oxygen atoms in total. The van der Waals surface area contributed by atoms with Crippen molar-refractivity contribution in [2.24, 2.45) is 24.8 Å². The van der Waals surface area contributed by atoms with Gasteiger partial charge in [-0.1, -0.05) is 83.6 Å². The summed E-state index contributed by atoms with van der Waals surface area (Å²) in [5.74, 6) is -5.09. The van der Waals surface area contributed by atoms with Crippen molar-refractivity contribution in [3.8, 4) is 0 Å². The number of carboxylic acids is 4. The number of imidazole rings is 2. The zero-order chi connectivity index (χ0) is 39.7. The van der Waals surface area contributed by atoms with E-state index in [0.717, 1.165) is 22.3 Å². The van der Waals surface area contributed by atoms with E-state index in [4.69, 9.17) is 59.8 Å². The molecule has 4 rings (SSSR count). The molecule has 0 radical (unpaired) electrons. The van der Waals surface area contributed by atoms with Gasteiger partial charge in [0.15, 0.2) is 0 Å². The van der Waals surface area contributed by atoms with Gasteiger partial charge in [0, 0.05) is 38.9 Å². The molecule has 4 aromatic rings. The molecule has 0 saturated heterocycles. The Labute approximate surface area is 316 Å². The van der Waals surface area contributed by atoms with E-state index in [9.17, 15) is 0 Å². The topological polar surface area (TPSA) is 290 Å². The van der Waals surface area contributed by atoms with Gasteiger partial charge in [-0.05, 0) is 0 Å². The molecule has 22 heteroatoms. The van der Waals surface area contributed by atoms with E-state index >= 15 is 0 Å². The van der Waals surface area contributed by atoms with Crippen molar-refractivity contribution in [2.75, 3.05) is 0 Å². The van der Waals surface area contributed by atoms with Crippen LogP contribution in [0.25, 0.3) is 0 Å².